The highest BCUT2D eigenvalue weighted by Crippen LogP contribution is 2.10. The molecule has 1 atom stereocenters. The average Bonchev–Trinajstić information content (AvgIpc) is 2.72. The van der Waals surface area contributed by atoms with Crippen LogP contribution in [0.5, 0.6) is 0 Å². The van der Waals surface area contributed by atoms with Crippen LogP contribution in [0.3, 0.4) is 0 Å². The number of carbonyl (C=O) groups is 1. The Hall–Kier alpha value is -0.740. The molecule has 1 aromatic rings. The van der Waals surface area contributed by atoms with Crippen LogP contribution in [0, 0.1) is 0 Å². The van der Waals surface area contributed by atoms with E-state index in [0.29, 0.717) is 12.6 Å². The van der Waals surface area contributed by atoms with Gasteiger partial charge < -0.3 is 4.57 Å². The summed E-state index contributed by atoms with van der Waals surface area (Å²) in [5.74, 6) is 1.27. The molecule has 3 nitrogen and oxygen atoms in total. The summed E-state index contributed by atoms with van der Waals surface area (Å²) in [4.78, 5) is 14.3. The second-order valence-corrected chi connectivity index (χ2v) is 5.27. The molecule has 0 saturated carbocycles. The van der Waals surface area contributed by atoms with Gasteiger partial charge in [0.2, 0.25) is 0 Å². The predicted molar refractivity (Wildman–Crippen MR) is 74.8 cm³/mol. The Morgan fingerprint density at radius 3 is 2.76 bits per heavy atom. The molecule has 0 spiro atoms. The second-order valence-electron chi connectivity index (χ2n) is 4.36. The van der Waals surface area contributed by atoms with Gasteiger partial charge in [0, 0.05) is 25.0 Å². The standard InChI is InChI=1S/C13H22N2OS/c1-5-11(10-17-4)15(3)9-13(16)12-7-6-8-14(12)2/h6-8,11H,5,9-10H2,1-4H3. The average molecular weight is 254 g/mol. The van der Waals surface area contributed by atoms with Gasteiger partial charge in [0.1, 0.15) is 0 Å². The van der Waals surface area contributed by atoms with E-state index in [-0.39, 0.29) is 5.78 Å². The van der Waals surface area contributed by atoms with Gasteiger partial charge in [0.15, 0.2) is 5.78 Å². The van der Waals surface area contributed by atoms with Gasteiger partial charge in [-0.25, -0.2) is 0 Å². The number of aromatic nitrogens is 1. The molecule has 0 saturated heterocycles. The molecule has 1 unspecified atom stereocenters. The molecule has 0 aromatic carbocycles. The summed E-state index contributed by atoms with van der Waals surface area (Å²) in [6.07, 6.45) is 5.10. The Kier molecular flexibility index (Phi) is 5.78. The first-order valence-electron chi connectivity index (χ1n) is 5.93. The number of aryl methyl sites for hydroxylation is 1. The molecule has 0 aliphatic carbocycles. The van der Waals surface area contributed by atoms with E-state index in [2.05, 4.69) is 18.1 Å². The summed E-state index contributed by atoms with van der Waals surface area (Å²) in [6.45, 7) is 2.67. The summed E-state index contributed by atoms with van der Waals surface area (Å²) >= 11 is 1.83. The first kappa shape index (κ1) is 14.3. The fourth-order valence-electron chi connectivity index (χ4n) is 1.94. The number of likely N-dealkylation sites (N-methyl/N-ethyl adjacent to an activating group) is 1. The number of rotatable bonds is 7. The number of hydrogen-bond donors (Lipinski definition) is 0. The van der Waals surface area contributed by atoms with Crippen LogP contribution in [0.25, 0.3) is 0 Å². The molecule has 4 heteroatoms. The minimum absolute atomic E-state index is 0.194. The third-order valence-electron chi connectivity index (χ3n) is 3.08. The number of thioether (sulfide) groups is 1. The van der Waals surface area contributed by atoms with Crippen molar-refractivity contribution >= 4 is 17.5 Å². The zero-order valence-corrected chi connectivity index (χ0v) is 12.0. The van der Waals surface area contributed by atoms with Crippen molar-refractivity contribution in [3.63, 3.8) is 0 Å². The van der Waals surface area contributed by atoms with Crippen LogP contribution in [0.1, 0.15) is 23.8 Å². The van der Waals surface area contributed by atoms with Gasteiger partial charge in [-0.15, -0.1) is 0 Å². The maximum Gasteiger partial charge on any atom is 0.193 e. The first-order chi connectivity index (χ1) is 8.10. The minimum Gasteiger partial charge on any atom is -0.348 e. The van der Waals surface area contributed by atoms with Crippen molar-refractivity contribution in [2.24, 2.45) is 7.05 Å². The summed E-state index contributed by atoms with van der Waals surface area (Å²) in [5, 5.41) is 0. The van der Waals surface area contributed by atoms with E-state index in [9.17, 15) is 4.79 Å². The lowest BCUT2D eigenvalue weighted by atomic mass is 10.2. The number of carbonyl (C=O) groups excluding carboxylic acids is 1. The van der Waals surface area contributed by atoms with Crippen LogP contribution in [0.2, 0.25) is 0 Å². The zero-order valence-electron chi connectivity index (χ0n) is 11.1. The molecule has 0 aliphatic rings. The SMILES string of the molecule is CCC(CSC)N(C)CC(=O)c1cccn1C. The fourth-order valence-corrected chi connectivity index (χ4v) is 2.81. The normalized spacial score (nSPS) is 13.0. The van der Waals surface area contributed by atoms with E-state index in [1.165, 1.54) is 0 Å². The van der Waals surface area contributed by atoms with Crippen LogP contribution in [0.15, 0.2) is 18.3 Å². The molecule has 1 heterocycles. The van der Waals surface area contributed by atoms with Crippen molar-refractivity contribution in [3.05, 3.63) is 24.0 Å². The monoisotopic (exact) mass is 254 g/mol. The van der Waals surface area contributed by atoms with Gasteiger partial charge in [0.05, 0.1) is 12.2 Å². The van der Waals surface area contributed by atoms with E-state index in [1.807, 2.05) is 48.8 Å². The molecule has 0 radical (unpaired) electrons. The molecule has 0 fully saturated rings. The number of Topliss-reactive ketones (excluding diaryl/α,β-unsaturated/α-hetero) is 1. The molecule has 0 amide bonds. The van der Waals surface area contributed by atoms with Gasteiger partial charge in [-0.05, 0) is 31.9 Å². The third kappa shape index (κ3) is 3.89. The summed E-state index contributed by atoms with van der Waals surface area (Å²) in [5.41, 5.74) is 0.788. The lowest BCUT2D eigenvalue weighted by molar-refractivity contribution is 0.0917. The molecule has 0 aliphatic heterocycles. The predicted octanol–water partition coefficient (Wildman–Crippen LogP) is 2.28. The lowest BCUT2D eigenvalue weighted by Gasteiger charge is -2.25. The Bertz CT molecular complexity index is 362. The quantitative estimate of drug-likeness (QED) is 0.698. The molecule has 0 bridgehead atoms. The Balaban J connectivity index is 2.59. The summed E-state index contributed by atoms with van der Waals surface area (Å²) in [7, 11) is 3.94. The summed E-state index contributed by atoms with van der Waals surface area (Å²) in [6, 6.07) is 4.27. The van der Waals surface area contributed by atoms with Gasteiger partial charge in [-0.2, -0.15) is 11.8 Å². The smallest absolute Gasteiger partial charge is 0.193 e. The minimum atomic E-state index is 0.194. The molecular formula is C13H22N2OS. The van der Waals surface area contributed by atoms with Crippen molar-refractivity contribution in [1.29, 1.82) is 0 Å². The molecule has 1 aromatic heterocycles. The van der Waals surface area contributed by atoms with Crippen LogP contribution < -0.4 is 0 Å². The molecule has 0 N–H and O–H groups in total. The highest BCUT2D eigenvalue weighted by Gasteiger charge is 2.17. The highest BCUT2D eigenvalue weighted by molar-refractivity contribution is 7.98. The van der Waals surface area contributed by atoms with E-state index >= 15 is 0 Å². The lowest BCUT2D eigenvalue weighted by Crippen LogP contribution is -2.37. The van der Waals surface area contributed by atoms with Gasteiger partial charge in [0.25, 0.3) is 0 Å². The molecule has 96 valence electrons. The topological polar surface area (TPSA) is 25.2 Å². The Morgan fingerprint density at radius 2 is 2.29 bits per heavy atom. The van der Waals surface area contributed by atoms with Crippen LogP contribution in [-0.2, 0) is 7.05 Å². The zero-order chi connectivity index (χ0) is 12.8. The Labute approximate surface area is 108 Å². The van der Waals surface area contributed by atoms with E-state index in [0.717, 1.165) is 17.9 Å². The van der Waals surface area contributed by atoms with Crippen molar-refractivity contribution in [3.8, 4) is 0 Å². The van der Waals surface area contributed by atoms with Gasteiger partial charge in [-0.3, -0.25) is 9.69 Å². The van der Waals surface area contributed by atoms with E-state index < -0.39 is 0 Å². The summed E-state index contributed by atoms with van der Waals surface area (Å²) < 4.78 is 1.88. The van der Waals surface area contributed by atoms with Crippen LogP contribution >= 0.6 is 11.8 Å². The van der Waals surface area contributed by atoms with Crippen molar-refractivity contribution < 1.29 is 4.79 Å². The van der Waals surface area contributed by atoms with Crippen molar-refractivity contribution in [1.82, 2.24) is 9.47 Å². The van der Waals surface area contributed by atoms with E-state index in [1.54, 1.807) is 0 Å². The maximum atomic E-state index is 12.1. The Morgan fingerprint density at radius 1 is 1.59 bits per heavy atom. The maximum absolute atomic E-state index is 12.1. The molecular weight excluding hydrogens is 232 g/mol. The van der Waals surface area contributed by atoms with Gasteiger partial charge in [-0.1, -0.05) is 6.92 Å². The highest BCUT2D eigenvalue weighted by atomic mass is 32.2. The first-order valence-corrected chi connectivity index (χ1v) is 7.33. The van der Waals surface area contributed by atoms with Crippen molar-refractivity contribution in [2.75, 3.05) is 25.6 Å². The fraction of sp³-hybridized carbons (Fsp3) is 0.615. The number of hydrogen-bond acceptors (Lipinski definition) is 3. The van der Waals surface area contributed by atoms with Crippen LogP contribution in [0.4, 0.5) is 0 Å². The van der Waals surface area contributed by atoms with Gasteiger partial charge >= 0.3 is 0 Å². The largest absolute Gasteiger partial charge is 0.348 e. The van der Waals surface area contributed by atoms with Crippen LogP contribution in [-0.4, -0.2) is 46.9 Å². The third-order valence-corrected chi connectivity index (χ3v) is 3.79. The van der Waals surface area contributed by atoms with E-state index in [4.69, 9.17) is 0 Å². The molecule has 1 rings (SSSR count). The van der Waals surface area contributed by atoms with Crippen molar-refractivity contribution in [2.45, 2.75) is 19.4 Å². The second kappa shape index (κ2) is 6.87. The molecule has 17 heavy (non-hydrogen) atoms. The number of ketones is 1. The number of nitrogens with zero attached hydrogens (tertiary/aromatic N) is 2.